The predicted molar refractivity (Wildman–Crippen MR) is 116 cm³/mol. The van der Waals surface area contributed by atoms with E-state index in [-0.39, 0.29) is 11.9 Å². The maximum atomic E-state index is 12.6. The third kappa shape index (κ3) is 5.45. The molecule has 0 spiro atoms. The zero-order chi connectivity index (χ0) is 19.8. The highest BCUT2D eigenvalue weighted by Crippen LogP contribution is 2.28. The number of aryl methyl sites for hydroxylation is 1. The number of aromatic nitrogens is 2. The number of aromatic amines is 1. The standard InChI is InChI=1S/C21H29BrN4O/c1-5-10-16(11-6-2)24-21(27)19-18(22)20(26-25-19)23-14(4)17-13-9-8-12-15(17)7-3/h8-9,12-13,16H,4-7,10-11H2,1-3H3,(H,24,27)(H2,23,25,26). The van der Waals surface area contributed by atoms with E-state index < -0.39 is 0 Å². The number of nitrogens with zero attached hydrogens (tertiary/aromatic N) is 1. The lowest BCUT2D eigenvalue weighted by Crippen LogP contribution is -2.35. The van der Waals surface area contributed by atoms with Crippen LogP contribution < -0.4 is 10.6 Å². The van der Waals surface area contributed by atoms with E-state index in [4.69, 9.17) is 0 Å². The number of hydrogen-bond donors (Lipinski definition) is 3. The molecule has 0 saturated carbocycles. The summed E-state index contributed by atoms with van der Waals surface area (Å²) in [4.78, 5) is 12.6. The van der Waals surface area contributed by atoms with E-state index in [0.29, 0.717) is 16.0 Å². The molecule has 0 bridgehead atoms. The van der Waals surface area contributed by atoms with Crippen molar-refractivity contribution in [2.45, 2.75) is 58.9 Å². The molecular weight excluding hydrogens is 404 g/mol. The molecule has 1 amide bonds. The van der Waals surface area contributed by atoms with Gasteiger partial charge in [-0.25, -0.2) is 0 Å². The summed E-state index contributed by atoms with van der Waals surface area (Å²) in [5, 5.41) is 13.4. The fraction of sp³-hybridized carbons (Fsp3) is 0.429. The van der Waals surface area contributed by atoms with Gasteiger partial charge in [0.15, 0.2) is 5.82 Å². The van der Waals surface area contributed by atoms with E-state index in [0.717, 1.165) is 43.4 Å². The van der Waals surface area contributed by atoms with E-state index in [1.165, 1.54) is 5.56 Å². The Hall–Kier alpha value is -2.08. The SMILES string of the molecule is C=C(Nc1n[nH]c(C(=O)NC(CCC)CCC)c1Br)c1ccccc1CC. The Morgan fingerprint density at radius 3 is 2.52 bits per heavy atom. The van der Waals surface area contributed by atoms with Gasteiger partial charge in [-0.3, -0.25) is 9.89 Å². The average molecular weight is 433 g/mol. The second-order valence-electron chi connectivity index (χ2n) is 6.62. The number of carbonyl (C=O) groups excluding carboxylic acids is 1. The first-order valence-corrected chi connectivity index (χ1v) is 10.4. The monoisotopic (exact) mass is 432 g/mol. The highest BCUT2D eigenvalue weighted by atomic mass is 79.9. The minimum absolute atomic E-state index is 0.145. The van der Waals surface area contributed by atoms with Gasteiger partial charge in [-0.15, -0.1) is 0 Å². The van der Waals surface area contributed by atoms with Crippen molar-refractivity contribution >= 4 is 33.4 Å². The van der Waals surface area contributed by atoms with E-state index >= 15 is 0 Å². The van der Waals surface area contributed by atoms with E-state index in [1.807, 2.05) is 18.2 Å². The van der Waals surface area contributed by atoms with E-state index in [2.05, 4.69) is 70.2 Å². The molecule has 5 nitrogen and oxygen atoms in total. The maximum Gasteiger partial charge on any atom is 0.270 e. The Labute approximate surface area is 170 Å². The molecule has 0 aliphatic rings. The lowest BCUT2D eigenvalue weighted by Gasteiger charge is -2.16. The molecule has 0 aliphatic carbocycles. The smallest absolute Gasteiger partial charge is 0.270 e. The number of carbonyl (C=O) groups is 1. The number of H-pyrrole nitrogens is 1. The fourth-order valence-electron chi connectivity index (χ4n) is 3.14. The first-order valence-electron chi connectivity index (χ1n) is 9.60. The van der Waals surface area contributed by atoms with Crippen LogP contribution in [0.2, 0.25) is 0 Å². The van der Waals surface area contributed by atoms with Crippen LogP contribution in [-0.2, 0) is 6.42 Å². The van der Waals surface area contributed by atoms with Crippen LogP contribution in [-0.4, -0.2) is 22.1 Å². The molecule has 27 heavy (non-hydrogen) atoms. The van der Waals surface area contributed by atoms with Crippen LogP contribution in [0, 0.1) is 0 Å². The molecular formula is C21H29BrN4O. The van der Waals surface area contributed by atoms with Crippen molar-refractivity contribution in [2.75, 3.05) is 5.32 Å². The van der Waals surface area contributed by atoms with Gasteiger partial charge in [-0.2, -0.15) is 5.10 Å². The van der Waals surface area contributed by atoms with E-state index in [1.54, 1.807) is 0 Å². The summed E-state index contributed by atoms with van der Waals surface area (Å²) in [6.45, 7) is 10.5. The van der Waals surface area contributed by atoms with Gasteiger partial charge in [-0.05, 0) is 40.8 Å². The van der Waals surface area contributed by atoms with Crippen molar-refractivity contribution in [3.05, 3.63) is 52.1 Å². The number of rotatable bonds is 10. The molecule has 0 unspecified atom stereocenters. The molecule has 2 rings (SSSR count). The predicted octanol–water partition coefficient (Wildman–Crippen LogP) is 5.52. The highest BCUT2D eigenvalue weighted by molar-refractivity contribution is 9.10. The van der Waals surface area contributed by atoms with Crippen LogP contribution in [0.1, 0.15) is 68.1 Å². The zero-order valence-corrected chi connectivity index (χ0v) is 17.9. The fourth-order valence-corrected chi connectivity index (χ4v) is 3.59. The van der Waals surface area contributed by atoms with Gasteiger partial charge < -0.3 is 10.6 Å². The summed E-state index contributed by atoms with van der Waals surface area (Å²) in [6.07, 6.45) is 4.95. The van der Waals surface area contributed by atoms with Gasteiger partial charge in [0, 0.05) is 17.3 Å². The van der Waals surface area contributed by atoms with Crippen molar-refractivity contribution in [3.63, 3.8) is 0 Å². The van der Waals surface area contributed by atoms with Crippen molar-refractivity contribution < 1.29 is 4.79 Å². The third-order valence-corrected chi connectivity index (χ3v) is 5.31. The number of amides is 1. The Balaban J connectivity index is 2.12. The molecule has 0 atom stereocenters. The number of anilines is 1. The zero-order valence-electron chi connectivity index (χ0n) is 16.4. The van der Waals surface area contributed by atoms with Crippen molar-refractivity contribution in [3.8, 4) is 0 Å². The molecule has 1 aromatic carbocycles. The number of halogens is 1. The Bertz CT molecular complexity index is 778. The van der Waals surface area contributed by atoms with Gasteiger partial charge in [0.1, 0.15) is 5.69 Å². The summed E-state index contributed by atoms with van der Waals surface area (Å²) in [5.41, 5.74) is 3.43. The normalized spacial score (nSPS) is 10.9. The number of hydrogen-bond acceptors (Lipinski definition) is 3. The number of benzene rings is 1. The quantitative estimate of drug-likeness (QED) is 0.462. The van der Waals surface area contributed by atoms with Crippen LogP contribution in [0.25, 0.3) is 5.70 Å². The highest BCUT2D eigenvalue weighted by Gasteiger charge is 2.20. The molecule has 3 N–H and O–H groups in total. The molecule has 2 aromatic rings. The van der Waals surface area contributed by atoms with Gasteiger partial charge in [0.25, 0.3) is 5.91 Å². The maximum absolute atomic E-state index is 12.6. The average Bonchev–Trinajstić information content (AvgIpc) is 3.02. The Morgan fingerprint density at radius 1 is 1.22 bits per heavy atom. The van der Waals surface area contributed by atoms with Crippen LogP contribution in [0.4, 0.5) is 5.82 Å². The summed E-state index contributed by atoms with van der Waals surface area (Å²) in [7, 11) is 0. The van der Waals surface area contributed by atoms with Gasteiger partial charge in [0.2, 0.25) is 0 Å². The van der Waals surface area contributed by atoms with Gasteiger partial charge in [0.05, 0.1) is 4.47 Å². The Morgan fingerprint density at radius 2 is 1.89 bits per heavy atom. The summed E-state index contributed by atoms with van der Waals surface area (Å²) in [6, 6.07) is 8.31. The second kappa shape index (κ2) is 10.3. The second-order valence-corrected chi connectivity index (χ2v) is 7.42. The van der Waals surface area contributed by atoms with Crippen LogP contribution in [0.3, 0.4) is 0 Å². The van der Waals surface area contributed by atoms with Crippen molar-refractivity contribution in [2.24, 2.45) is 0 Å². The largest absolute Gasteiger partial charge is 0.348 e. The first-order chi connectivity index (χ1) is 13.0. The van der Waals surface area contributed by atoms with Crippen molar-refractivity contribution in [1.29, 1.82) is 0 Å². The first kappa shape index (κ1) is 21.2. The summed E-state index contributed by atoms with van der Waals surface area (Å²) in [5.74, 6) is 0.410. The molecule has 0 radical (unpaired) electrons. The lowest BCUT2D eigenvalue weighted by molar-refractivity contribution is 0.0926. The van der Waals surface area contributed by atoms with Gasteiger partial charge >= 0.3 is 0 Å². The van der Waals surface area contributed by atoms with Crippen LogP contribution in [0.5, 0.6) is 0 Å². The minimum atomic E-state index is -0.145. The molecule has 0 aliphatic heterocycles. The number of nitrogens with one attached hydrogen (secondary N) is 3. The molecule has 1 heterocycles. The third-order valence-electron chi connectivity index (χ3n) is 4.54. The summed E-state index contributed by atoms with van der Waals surface area (Å²) >= 11 is 3.50. The topological polar surface area (TPSA) is 69.8 Å². The molecule has 6 heteroatoms. The van der Waals surface area contributed by atoms with Crippen LogP contribution >= 0.6 is 15.9 Å². The molecule has 1 aromatic heterocycles. The molecule has 0 saturated heterocycles. The lowest BCUT2D eigenvalue weighted by atomic mass is 10.0. The Kier molecular flexibility index (Phi) is 8.10. The molecule has 0 fully saturated rings. The van der Waals surface area contributed by atoms with Crippen LogP contribution in [0.15, 0.2) is 35.3 Å². The van der Waals surface area contributed by atoms with Crippen molar-refractivity contribution in [1.82, 2.24) is 15.5 Å². The molecule has 146 valence electrons. The summed E-state index contributed by atoms with van der Waals surface area (Å²) < 4.78 is 0.613. The minimum Gasteiger partial charge on any atom is -0.348 e. The van der Waals surface area contributed by atoms with Gasteiger partial charge in [-0.1, -0.05) is 64.5 Å². The van der Waals surface area contributed by atoms with E-state index in [9.17, 15) is 4.79 Å².